The number of para-hydroxylation sites is 2. The fraction of sp³-hybridized carbons (Fsp3) is 0. The van der Waals surface area contributed by atoms with Crippen molar-refractivity contribution in [3.8, 4) is 34.0 Å². The third-order valence-corrected chi connectivity index (χ3v) is 7.71. The lowest BCUT2D eigenvalue weighted by Crippen LogP contribution is -1.94. The predicted molar refractivity (Wildman–Crippen MR) is 161 cm³/mol. The van der Waals surface area contributed by atoms with Gasteiger partial charge in [0.25, 0.3) is 0 Å². The van der Waals surface area contributed by atoms with Crippen molar-refractivity contribution in [2.45, 2.75) is 0 Å². The zero-order valence-corrected chi connectivity index (χ0v) is 21.4. The molecule has 0 saturated heterocycles. The van der Waals surface area contributed by atoms with Crippen molar-refractivity contribution in [1.82, 2.24) is 9.55 Å². The van der Waals surface area contributed by atoms with Gasteiger partial charge in [0.2, 0.25) is 0 Å². The van der Waals surface area contributed by atoms with Crippen molar-refractivity contribution in [1.29, 1.82) is 5.26 Å². The van der Waals surface area contributed by atoms with Gasteiger partial charge in [0.1, 0.15) is 22.9 Å². The lowest BCUT2D eigenvalue weighted by molar-refractivity contribution is 0.673. The number of nitriles is 1. The van der Waals surface area contributed by atoms with Gasteiger partial charge in [-0.25, -0.2) is 4.98 Å². The molecule has 0 aliphatic rings. The Hall–Kier alpha value is -5.66. The number of benzene rings is 5. The normalized spacial score (nSPS) is 11.5. The van der Waals surface area contributed by atoms with E-state index in [0.29, 0.717) is 5.69 Å². The summed E-state index contributed by atoms with van der Waals surface area (Å²) in [7, 11) is 0. The van der Waals surface area contributed by atoms with Crippen LogP contribution in [0.3, 0.4) is 0 Å². The van der Waals surface area contributed by atoms with Crippen LogP contribution in [-0.2, 0) is 0 Å². The Balaban J connectivity index is 1.34. The van der Waals surface area contributed by atoms with Crippen molar-refractivity contribution in [2.24, 2.45) is 0 Å². The molecule has 0 saturated carbocycles. The molecular weight excluding hydrogens is 490 g/mol. The maximum Gasteiger partial charge on any atom is 0.148 e. The molecule has 0 N–H and O–H groups in total. The van der Waals surface area contributed by atoms with Crippen LogP contribution in [0.4, 0.5) is 0 Å². The molecule has 0 fully saturated rings. The van der Waals surface area contributed by atoms with Crippen molar-refractivity contribution >= 4 is 43.7 Å². The molecule has 3 aromatic heterocycles. The molecule has 186 valence electrons. The monoisotopic (exact) mass is 511 g/mol. The summed E-state index contributed by atoms with van der Waals surface area (Å²) in [6.07, 6.45) is 1.65. The molecule has 0 atom stereocenters. The highest BCUT2D eigenvalue weighted by molar-refractivity contribution is 6.23. The largest absolute Gasteiger partial charge is 0.455 e. The van der Waals surface area contributed by atoms with Gasteiger partial charge < -0.3 is 8.98 Å². The molecule has 0 aliphatic carbocycles. The Morgan fingerprint density at radius 1 is 0.625 bits per heavy atom. The maximum absolute atomic E-state index is 9.57. The van der Waals surface area contributed by atoms with E-state index in [4.69, 9.17) is 4.42 Å². The third kappa shape index (κ3) is 3.28. The summed E-state index contributed by atoms with van der Waals surface area (Å²) >= 11 is 0. The number of rotatable bonds is 3. The van der Waals surface area contributed by atoms with Crippen LogP contribution in [0.2, 0.25) is 0 Å². The second-order valence-electron chi connectivity index (χ2n) is 9.93. The predicted octanol–water partition coefficient (Wildman–Crippen LogP) is 9.28. The summed E-state index contributed by atoms with van der Waals surface area (Å²) in [5.74, 6) is 0. The van der Waals surface area contributed by atoms with Gasteiger partial charge in [0.15, 0.2) is 0 Å². The van der Waals surface area contributed by atoms with E-state index in [-0.39, 0.29) is 0 Å². The molecular formula is C36H21N3O. The quantitative estimate of drug-likeness (QED) is 0.237. The van der Waals surface area contributed by atoms with E-state index in [1.54, 1.807) is 6.20 Å². The second kappa shape index (κ2) is 8.69. The molecule has 4 nitrogen and oxygen atoms in total. The van der Waals surface area contributed by atoms with Crippen LogP contribution < -0.4 is 0 Å². The molecule has 0 spiro atoms. The Kier molecular flexibility index (Phi) is 4.85. The first-order valence-corrected chi connectivity index (χ1v) is 13.2. The SMILES string of the molecule is N#Cc1ncccc1-c1cccc(-c2cccc(-n3c4ccccc4c4c5oc6ccccc6c5ccc43)c2)c1. The topological polar surface area (TPSA) is 54.8 Å². The fourth-order valence-electron chi connectivity index (χ4n) is 5.93. The summed E-state index contributed by atoms with van der Waals surface area (Å²) in [6, 6.07) is 44.0. The van der Waals surface area contributed by atoms with Crippen molar-refractivity contribution in [3.63, 3.8) is 0 Å². The number of pyridine rings is 1. The molecule has 4 heteroatoms. The van der Waals surface area contributed by atoms with Crippen LogP contribution in [0, 0.1) is 11.3 Å². The van der Waals surface area contributed by atoms with E-state index in [9.17, 15) is 5.26 Å². The highest BCUT2D eigenvalue weighted by atomic mass is 16.3. The van der Waals surface area contributed by atoms with Crippen LogP contribution in [0.5, 0.6) is 0 Å². The molecule has 0 amide bonds. The van der Waals surface area contributed by atoms with Crippen molar-refractivity contribution in [2.75, 3.05) is 0 Å². The van der Waals surface area contributed by atoms with E-state index in [2.05, 4.69) is 101 Å². The second-order valence-corrected chi connectivity index (χ2v) is 9.93. The van der Waals surface area contributed by atoms with E-state index in [1.165, 1.54) is 0 Å². The summed E-state index contributed by atoms with van der Waals surface area (Å²) < 4.78 is 8.77. The Morgan fingerprint density at radius 3 is 2.30 bits per heavy atom. The molecule has 0 unspecified atom stereocenters. The smallest absolute Gasteiger partial charge is 0.148 e. The molecule has 3 heterocycles. The highest BCUT2D eigenvalue weighted by Gasteiger charge is 2.18. The summed E-state index contributed by atoms with van der Waals surface area (Å²) in [6.45, 7) is 0. The number of hydrogen-bond acceptors (Lipinski definition) is 3. The van der Waals surface area contributed by atoms with Crippen LogP contribution in [-0.4, -0.2) is 9.55 Å². The van der Waals surface area contributed by atoms with E-state index < -0.39 is 0 Å². The van der Waals surface area contributed by atoms with Gasteiger partial charge in [0, 0.05) is 33.6 Å². The molecule has 0 bridgehead atoms. The lowest BCUT2D eigenvalue weighted by Gasteiger charge is -2.11. The minimum atomic E-state index is 0.426. The average molecular weight is 512 g/mol. The first-order chi connectivity index (χ1) is 19.8. The number of hydrogen-bond donors (Lipinski definition) is 0. The molecule has 0 radical (unpaired) electrons. The van der Waals surface area contributed by atoms with Crippen LogP contribution in [0.25, 0.3) is 71.7 Å². The highest BCUT2D eigenvalue weighted by Crippen LogP contribution is 2.40. The van der Waals surface area contributed by atoms with Crippen molar-refractivity contribution in [3.05, 3.63) is 133 Å². The first-order valence-electron chi connectivity index (χ1n) is 13.2. The first kappa shape index (κ1) is 22.3. The molecule has 8 rings (SSSR count). The van der Waals surface area contributed by atoms with Gasteiger partial charge in [-0.2, -0.15) is 5.26 Å². The third-order valence-electron chi connectivity index (χ3n) is 7.71. The maximum atomic E-state index is 9.57. The van der Waals surface area contributed by atoms with Gasteiger partial charge in [0.05, 0.1) is 16.4 Å². The zero-order valence-electron chi connectivity index (χ0n) is 21.4. The number of fused-ring (bicyclic) bond motifs is 7. The fourth-order valence-corrected chi connectivity index (χ4v) is 5.93. The summed E-state index contributed by atoms with van der Waals surface area (Å²) in [4.78, 5) is 4.24. The van der Waals surface area contributed by atoms with Gasteiger partial charge >= 0.3 is 0 Å². The molecule has 5 aromatic carbocycles. The Labute approximate surface area is 230 Å². The van der Waals surface area contributed by atoms with Crippen molar-refractivity contribution < 1.29 is 4.42 Å². The number of aromatic nitrogens is 2. The van der Waals surface area contributed by atoms with Gasteiger partial charge in [-0.3, -0.25) is 0 Å². The minimum Gasteiger partial charge on any atom is -0.455 e. The van der Waals surface area contributed by atoms with Gasteiger partial charge in [-0.1, -0.05) is 66.7 Å². The standard InChI is InChI=1S/C36H21N3O/c37-22-31-27(14-7-19-38-31)25-10-5-8-23(20-25)24-9-6-11-26(21-24)39-32-15-3-1-13-30(32)35-33(39)18-17-29-28-12-2-4-16-34(28)40-36(29)35/h1-21H. The summed E-state index contributed by atoms with van der Waals surface area (Å²) in [5.41, 5.74) is 9.53. The van der Waals surface area contributed by atoms with Crippen LogP contribution in [0.1, 0.15) is 5.69 Å². The average Bonchev–Trinajstić information content (AvgIpc) is 3.57. The summed E-state index contributed by atoms with van der Waals surface area (Å²) in [5, 5.41) is 14.1. The van der Waals surface area contributed by atoms with Gasteiger partial charge in [-0.05, 0) is 71.3 Å². The van der Waals surface area contributed by atoms with E-state index in [1.807, 2.05) is 36.4 Å². The zero-order chi connectivity index (χ0) is 26.6. The molecule has 8 aromatic rings. The van der Waals surface area contributed by atoms with E-state index in [0.717, 1.165) is 71.7 Å². The van der Waals surface area contributed by atoms with E-state index >= 15 is 0 Å². The minimum absolute atomic E-state index is 0.426. The Morgan fingerprint density at radius 2 is 1.40 bits per heavy atom. The lowest BCUT2D eigenvalue weighted by atomic mass is 9.98. The Bertz CT molecular complexity index is 2300. The van der Waals surface area contributed by atoms with Crippen LogP contribution >= 0.6 is 0 Å². The van der Waals surface area contributed by atoms with Gasteiger partial charge in [-0.15, -0.1) is 0 Å². The van der Waals surface area contributed by atoms with Crippen LogP contribution in [0.15, 0.2) is 132 Å². The molecule has 40 heavy (non-hydrogen) atoms. The molecule has 0 aliphatic heterocycles. The number of furan rings is 1. The number of nitrogens with zero attached hydrogens (tertiary/aromatic N) is 3.